The lowest BCUT2D eigenvalue weighted by Gasteiger charge is -2.21. The van der Waals surface area contributed by atoms with Crippen molar-refractivity contribution in [2.24, 2.45) is 5.14 Å². The van der Waals surface area contributed by atoms with Crippen molar-refractivity contribution in [1.29, 1.82) is 0 Å². The Labute approximate surface area is 123 Å². The Hall–Kier alpha value is -1.63. The topological polar surface area (TPSA) is 80.5 Å². The molecule has 1 aromatic carbocycles. The molecule has 0 saturated carbocycles. The number of carbonyl (C=O) groups is 1. The monoisotopic (exact) mass is 314 g/mol. The number of hydrogen-bond acceptors (Lipinski definition) is 3. The van der Waals surface area contributed by atoms with Crippen molar-refractivity contribution in [3.05, 3.63) is 54.1 Å². The van der Waals surface area contributed by atoms with Crippen LogP contribution in [0, 0.1) is 0 Å². The highest BCUT2D eigenvalue weighted by Gasteiger charge is 2.25. The normalized spacial score (nSPS) is 10.9. The maximum atomic E-state index is 12.4. The number of benzene rings is 1. The zero-order chi connectivity index (χ0) is 15.3. The van der Waals surface area contributed by atoms with Crippen LogP contribution in [0.15, 0.2) is 48.4 Å². The van der Waals surface area contributed by atoms with E-state index < -0.39 is 15.9 Å². The third-order valence-corrected chi connectivity index (χ3v) is 3.75. The van der Waals surface area contributed by atoms with Crippen LogP contribution in [0.5, 0.6) is 0 Å². The molecule has 1 aromatic rings. The van der Waals surface area contributed by atoms with E-state index in [0.717, 1.165) is 0 Å². The van der Waals surface area contributed by atoms with E-state index in [1.54, 1.807) is 0 Å². The summed E-state index contributed by atoms with van der Waals surface area (Å²) in [6, 6.07) is 4.10. The Morgan fingerprint density at radius 3 is 2.30 bits per heavy atom. The van der Waals surface area contributed by atoms with Crippen molar-refractivity contribution in [3.63, 3.8) is 0 Å². The summed E-state index contributed by atoms with van der Waals surface area (Å²) in [4.78, 5) is 13.5. The fourth-order valence-corrected chi connectivity index (χ4v) is 2.72. The lowest BCUT2D eigenvalue weighted by molar-refractivity contribution is 0.0787. The highest BCUT2D eigenvalue weighted by molar-refractivity contribution is 7.89. The van der Waals surface area contributed by atoms with Crippen LogP contribution in [0.1, 0.15) is 10.4 Å². The molecule has 0 aromatic heterocycles. The van der Waals surface area contributed by atoms with Crippen LogP contribution < -0.4 is 5.14 Å². The number of carbonyl (C=O) groups excluding carboxylic acids is 1. The Bertz CT molecular complexity index is 631. The van der Waals surface area contributed by atoms with E-state index in [2.05, 4.69) is 13.2 Å². The molecule has 0 aliphatic heterocycles. The van der Waals surface area contributed by atoms with E-state index in [1.807, 2.05) is 0 Å². The summed E-state index contributed by atoms with van der Waals surface area (Å²) in [7, 11) is -4.05. The number of hydrogen-bond donors (Lipinski definition) is 1. The lowest BCUT2D eigenvalue weighted by Crippen LogP contribution is -2.33. The first-order valence-corrected chi connectivity index (χ1v) is 7.57. The minimum Gasteiger partial charge on any atom is -0.331 e. The van der Waals surface area contributed by atoms with Gasteiger partial charge in [0, 0.05) is 13.1 Å². The molecule has 2 N–H and O–H groups in total. The number of nitrogens with two attached hydrogens (primary N) is 1. The largest absolute Gasteiger partial charge is 0.331 e. The molecular formula is C13H15ClN2O3S. The van der Waals surface area contributed by atoms with Crippen LogP contribution in [0.2, 0.25) is 5.02 Å². The molecule has 5 nitrogen and oxygen atoms in total. The van der Waals surface area contributed by atoms with E-state index in [9.17, 15) is 13.2 Å². The third-order valence-electron chi connectivity index (χ3n) is 2.48. The number of halogens is 1. The molecular weight excluding hydrogens is 300 g/mol. The molecule has 0 unspecified atom stereocenters. The van der Waals surface area contributed by atoms with Crippen molar-refractivity contribution in [2.75, 3.05) is 13.1 Å². The van der Waals surface area contributed by atoms with E-state index in [4.69, 9.17) is 16.7 Å². The van der Waals surface area contributed by atoms with Gasteiger partial charge in [-0.15, -0.1) is 13.2 Å². The fourth-order valence-electron chi connectivity index (χ4n) is 1.66. The van der Waals surface area contributed by atoms with Crippen molar-refractivity contribution >= 4 is 27.5 Å². The molecule has 7 heteroatoms. The summed E-state index contributed by atoms with van der Waals surface area (Å²) in [5.74, 6) is -0.542. The van der Waals surface area contributed by atoms with Crippen molar-refractivity contribution in [3.8, 4) is 0 Å². The van der Waals surface area contributed by atoms with Gasteiger partial charge in [0.1, 0.15) is 0 Å². The molecule has 1 amide bonds. The minimum absolute atomic E-state index is 0.0275. The molecule has 0 fully saturated rings. The Balaban J connectivity index is 3.41. The maximum Gasteiger partial charge on any atom is 0.257 e. The molecule has 0 aliphatic rings. The zero-order valence-electron chi connectivity index (χ0n) is 10.8. The minimum atomic E-state index is -4.05. The first-order chi connectivity index (χ1) is 9.32. The quantitative estimate of drug-likeness (QED) is 0.813. The van der Waals surface area contributed by atoms with Crippen molar-refractivity contribution in [2.45, 2.75) is 4.90 Å². The van der Waals surface area contributed by atoms with Gasteiger partial charge in [-0.2, -0.15) is 0 Å². The zero-order valence-corrected chi connectivity index (χ0v) is 12.3. The van der Waals surface area contributed by atoms with Gasteiger partial charge in [-0.05, 0) is 12.1 Å². The van der Waals surface area contributed by atoms with Crippen LogP contribution >= 0.6 is 11.6 Å². The average Bonchev–Trinajstić information content (AvgIpc) is 2.36. The first-order valence-electron chi connectivity index (χ1n) is 5.65. The van der Waals surface area contributed by atoms with Gasteiger partial charge in [0.25, 0.3) is 5.91 Å². The Kier molecular flexibility index (Phi) is 5.50. The SMILES string of the molecule is C=CCN(CC=C)C(=O)c1c(Cl)cccc1S(N)(=O)=O. The Morgan fingerprint density at radius 1 is 1.30 bits per heavy atom. The van der Waals surface area contributed by atoms with Gasteiger partial charge in [0.15, 0.2) is 0 Å². The summed E-state index contributed by atoms with van der Waals surface area (Å²) in [6.45, 7) is 7.57. The van der Waals surface area contributed by atoms with Gasteiger partial charge in [-0.3, -0.25) is 4.79 Å². The first kappa shape index (κ1) is 16.4. The smallest absolute Gasteiger partial charge is 0.257 e. The molecule has 0 atom stereocenters. The lowest BCUT2D eigenvalue weighted by atomic mass is 10.2. The molecule has 0 aliphatic carbocycles. The van der Waals surface area contributed by atoms with E-state index in [0.29, 0.717) is 0 Å². The molecule has 0 bridgehead atoms. The third kappa shape index (κ3) is 3.69. The van der Waals surface area contributed by atoms with Crippen LogP contribution in [0.3, 0.4) is 0 Å². The van der Waals surface area contributed by atoms with Crippen LogP contribution in [0.4, 0.5) is 0 Å². The number of primary sulfonamides is 1. The van der Waals surface area contributed by atoms with Crippen LogP contribution in [0.25, 0.3) is 0 Å². The number of rotatable bonds is 6. The summed E-state index contributed by atoms with van der Waals surface area (Å²) in [5, 5.41) is 5.14. The van der Waals surface area contributed by atoms with Gasteiger partial charge < -0.3 is 4.90 Å². The number of nitrogens with zero attached hydrogens (tertiary/aromatic N) is 1. The van der Waals surface area contributed by atoms with E-state index in [-0.39, 0.29) is 28.6 Å². The van der Waals surface area contributed by atoms with Crippen molar-refractivity contribution < 1.29 is 13.2 Å². The van der Waals surface area contributed by atoms with Gasteiger partial charge >= 0.3 is 0 Å². The molecule has 1 rings (SSSR count). The molecule has 20 heavy (non-hydrogen) atoms. The van der Waals surface area contributed by atoms with Gasteiger partial charge in [-0.1, -0.05) is 29.8 Å². The second-order valence-corrected chi connectivity index (χ2v) is 5.88. The Morgan fingerprint density at radius 2 is 1.85 bits per heavy atom. The second-order valence-electron chi connectivity index (χ2n) is 3.95. The van der Waals surface area contributed by atoms with Gasteiger partial charge in [0.05, 0.1) is 15.5 Å². The molecule has 0 radical (unpaired) electrons. The van der Waals surface area contributed by atoms with Gasteiger partial charge in [-0.25, -0.2) is 13.6 Å². The summed E-state index contributed by atoms with van der Waals surface area (Å²) in [6.07, 6.45) is 3.05. The molecule has 0 heterocycles. The average molecular weight is 315 g/mol. The molecule has 0 spiro atoms. The highest BCUT2D eigenvalue weighted by Crippen LogP contribution is 2.24. The van der Waals surface area contributed by atoms with E-state index in [1.165, 1.54) is 35.3 Å². The molecule has 0 saturated heterocycles. The van der Waals surface area contributed by atoms with Crippen LogP contribution in [-0.2, 0) is 10.0 Å². The highest BCUT2D eigenvalue weighted by atomic mass is 35.5. The second kappa shape index (κ2) is 6.69. The predicted molar refractivity (Wildman–Crippen MR) is 79.1 cm³/mol. The standard InChI is InChI=1S/C13H15ClN2O3S/c1-3-8-16(9-4-2)13(17)12-10(14)6-5-7-11(12)20(15,18)19/h3-7H,1-2,8-9H2,(H2,15,18,19). The summed E-state index contributed by atoms with van der Waals surface area (Å²) >= 11 is 5.96. The molecule has 108 valence electrons. The fraction of sp³-hybridized carbons (Fsp3) is 0.154. The maximum absolute atomic E-state index is 12.4. The number of amides is 1. The van der Waals surface area contributed by atoms with Crippen LogP contribution in [-0.4, -0.2) is 32.3 Å². The van der Waals surface area contributed by atoms with Crippen molar-refractivity contribution in [1.82, 2.24) is 4.90 Å². The number of sulfonamides is 1. The van der Waals surface area contributed by atoms with E-state index >= 15 is 0 Å². The summed E-state index contributed by atoms with van der Waals surface area (Å²) < 4.78 is 23.1. The van der Waals surface area contributed by atoms with Gasteiger partial charge in [0.2, 0.25) is 10.0 Å². The summed E-state index contributed by atoms with van der Waals surface area (Å²) in [5.41, 5.74) is -0.139. The predicted octanol–water partition coefficient (Wildman–Crippen LogP) is 1.80.